The van der Waals surface area contributed by atoms with Crippen molar-refractivity contribution in [2.75, 3.05) is 0 Å². The van der Waals surface area contributed by atoms with E-state index < -0.39 is 5.91 Å². The topological polar surface area (TPSA) is 73.8 Å². The zero-order valence-corrected chi connectivity index (χ0v) is 11.8. The first kappa shape index (κ1) is 13.3. The molecule has 0 aliphatic carbocycles. The zero-order valence-electron chi connectivity index (χ0n) is 11.8. The average molecular weight is 280 g/mol. The molecule has 2 aromatic heterocycles. The second-order valence-corrected chi connectivity index (χ2v) is 4.88. The van der Waals surface area contributed by atoms with Crippen molar-refractivity contribution in [3.63, 3.8) is 0 Å². The SMILES string of the molecule is CCCc1c2c(C(N)=O)cccc2nn1-c1cccnc1. The Hall–Kier alpha value is -2.69. The molecule has 0 saturated carbocycles. The molecule has 0 aliphatic rings. The number of primary amides is 1. The van der Waals surface area contributed by atoms with E-state index in [1.54, 1.807) is 24.5 Å². The van der Waals surface area contributed by atoms with Gasteiger partial charge in [-0.1, -0.05) is 19.4 Å². The van der Waals surface area contributed by atoms with E-state index in [2.05, 4.69) is 17.0 Å². The van der Waals surface area contributed by atoms with Gasteiger partial charge in [-0.3, -0.25) is 9.78 Å². The highest BCUT2D eigenvalue weighted by atomic mass is 16.1. The number of rotatable bonds is 4. The summed E-state index contributed by atoms with van der Waals surface area (Å²) in [6, 6.07) is 9.26. The third-order valence-corrected chi connectivity index (χ3v) is 3.44. The number of carbonyl (C=O) groups is 1. The monoisotopic (exact) mass is 280 g/mol. The molecule has 3 rings (SSSR count). The van der Waals surface area contributed by atoms with Crippen LogP contribution >= 0.6 is 0 Å². The predicted molar refractivity (Wildman–Crippen MR) is 81.4 cm³/mol. The Balaban J connectivity index is 2.33. The van der Waals surface area contributed by atoms with E-state index in [4.69, 9.17) is 5.73 Å². The van der Waals surface area contributed by atoms with Crippen molar-refractivity contribution in [2.24, 2.45) is 5.73 Å². The minimum Gasteiger partial charge on any atom is -0.366 e. The summed E-state index contributed by atoms with van der Waals surface area (Å²) < 4.78 is 1.85. The largest absolute Gasteiger partial charge is 0.366 e. The smallest absolute Gasteiger partial charge is 0.249 e. The van der Waals surface area contributed by atoms with E-state index >= 15 is 0 Å². The average Bonchev–Trinajstić information content (AvgIpc) is 2.87. The maximum Gasteiger partial charge on any atom is 0.249 e. The van der Waals surface area contributed by atoms with E-state index in [0.717, 1.165) is 35.1 Å². The number of aryl methyl sites for hydroxylation is 1. The Kier molecular flexibility index (Phi) is 3.39. The molecule has 0 spiro atoms. The Bertz CT molecular complexity index is 793. The lowest BCUT2D eigenvalue weighted by Gasteiger charge is -2.07. The van der Waals surface area contributed by atoms with Crippen molar-refractivity contribution >= 4 is 16.8 Å². The van der Waals surface area contributed by atoms with Gasteiger partial charge in [0.1, 0.15) is 0 Å². The second-order valence-electron chi connectivity index (χ2n) is 4.88. The number of aromatic nitrogens is 3. The molecule has 106 valence electrons. The Morgan fingerprint density at radius 3 is 2.81 bits per heavy atom. The molecule has 0 fully saturated rings. The molecule has 2 N–H and O–H groups in total. The fourth-order valence-electron chi connectivity index (χ4n) is 2.57. The molecule has 21 heavy (non-hydrogen) atoms. The molecule has 0 bridgehead atoms. The summed E-state index contributed by atoms with van der Waals surface area (Å²) in [6.07, 6.45) is 5.25. The van der Waals surface area contributed by atoms with Crippen LogP contribution in [0.15, 0.2) is 42.7 Å². The number of fused-ring (bicyclic) bond motifs is 1. The lowest BCUT2D eigenvalue weighted by atomic mass is 10.0. The molecule has 2 heterocycles. The van der Waals surface area contributed by atoms with Gasteiger partial charge >= 0.3 is 0 Å². The molecule has 3 aromatic rings. The third kappa shape index (κ3) is 2.27. The minimum absolute atomic E-state index is 0.427. The maximum absolute atomic E-state index is 11.7. The van der Waals surface area contributed by atoms with Crippen LogP contribution in [-0.2, 0) is 6.42 Å². The molecule has 0 aliphatic heterocycles. The molecule has 0 atom stereocenters. The summed E-state index contributed by atoms with van der Waals surface area (Å²) in [4.78, 5) is 15.8. The first-order valence-corrected chi connectivity index (χ1v) is 6.93. The van der Waals surface area contributed by atoms with Crippen molar-refractivity contribution < 1.29 is 4.79 Å². The first-order valence-electron chi connectivity index (χ1n) is 6.93. The van der Waals surface area contributed by atoms with Gasteiger partial charge in [-0.25, -0.2) is 4.68 Å². The first-order chi connectivity index (χ1) is 10.2. The number of carbonyl (C=O) groups excluding carboxylic acids is 1. The van der Waals surface area contributed by atoms with Crippen LogP contribution < -0.4 is 5.73 Å². The van der Waals surface area contributed by atoms with Crippen LogP contribution in [0, 0.1) is 0 Å². The molecule has 0 saturated heterocycles. The van der Waals surface area contributed by atoms with Crippen molar-refractivity contribution in [3.05, 3.63) is 54.0 Å². The van der Waals surface area contributed by atoms with E-state index in [0.29, 0.717) is 5.56 Å². The molecular formula is C16H16N4O. The van der Waals surface area contributed by atoms with Crippen LogP contribution in [0.25, 0.3) is 16.6 Å². The molecule has 1 amide bonds. The molecular weight excluding hydrogens is 264 g/mol. The zero-order chi connectivity index (χ0) is 14.8. The van der Waals surface area contributed by atoms with E-state index in [9.17, 15) is 4.79 Å². The summed E-state index contributed by atoms with van der Waals surface area (Å²) in [5.41, 5.74) is 8.68. The summed E-state index contributed by atoms with van der Waals surface area (Å²) in [5, 5.41) is 5.46. The number of amides is 1. The van der Waals surface area contributed by atoms with E-state index in [-0.39, 0.29) is 0 Å². The number of hydrogen-bond donors (Lipinski definition) is 1. The highest BCUT2D eigenvalue weighted by Crippen LogP contribution is 2.26. The van der Waals surface area contributed by atoms with Crippen molar-refractivity contribution in [3.8, 4) is 5.69 Å². The van der Waals surface area contributed by atoms with Crippen LogP contribution in [0.5, 0.6) is 0 Å². The fourth-order valence-corrected chi connectivity index (χ4v) is 2.57. The fraction of sp³-hybridized carbons (Fsp3) is 0.188. The van der Waals surface area contributed by atoms with Crippen LogP contribution in [0.2, 0.25) is 0 Å². The molecule has 5 heteroatoms. The molecule has 0 radical (unpaired) electrons. The van der Waals surface area contributed by atoms with Gasteiger partial charge < -0.3 is 5.73 Å². The van der Waals surface area contributed by atoms with Crippen LogP contribution in [0.4, 0.5) is 0 Å². The molecule has 0 unspecified atom stereocenters. The quantitative estimate of drug-likeness (QED) is 0.797. The normalized spacial score (nSPS) is 10.9. The van der Waals surface area contributed by atoms with Crippen molar-refractivity contribution in [1.82, 2.24) is 14.8 Å². The highest BCUT2D eigenvalue weighted by Gasteiger charge is 2.17. The van der Waals surface area contributed by atoms with Gasteiger partial charge in [0.25, 0.3) is 0 Å². The molecule has 5 nitrogen and oxygen atoms in total. The van der Waals surface area contributed by atoms with Crippen molar-refractivity contribution in [1.29, 1.82) is 0 Å². The number of hydrogen-bond acceptors (Lipinski definition) is 3. The third-order valence-electron chi connectivity index (χ3n) is 3.44. The summed E-state index contributed by atoms with van der Waals surface area (Å²) >= 11 is 0. The number of pyridine rings is 1. The standard InChI is InChI=1S/C16H16N4O/c1-2-5-14-15-12(16(17)21)7-3-8-13(15)19-20(14)11-6-4-9-18-10-11/h3-4,6-10H,2,5H2,1H3,(H2,17,21). The Morgan fingerprint density at radius 2 is 2.14 bits per heavy atom. The van der Waals surface area contributed by atoms with Gasteiger partial charge in [-0.05, 0) is 30.7 Å². The predicted octanol–water partition coefficient (Wildman–Crippen LogP) is 2.47. The lowest BCUT2D eigenvalue weighted by Crippen LogP contribution is -2.12. The van der Waals surface area contributed by atoms with Gasteiger partial charge in [0.05, 0.1) is 28.7 Å². The number of nitrogens with two attached hydrogens (primary N) is 1. The van der Waals surface area contributed by atoms with E-state index in [1.165, 1.54) is 0 Å². The van der Waals surface area contributed by atoms with Crippen LogP contribution in [-0.4, -0.2) is 20.7 Å². The second kappa shape index (κ2) is 5.36. The summed E-state index contributed by atoms with van der Waals surface area (Å²) in [7, 11) is 0. The van der Waals surface area contributed by atoms with Gasteiger partial charge in [0.15, 0.2) is 0 Å². The van der Waals surface area contributed by atoms with E-state index in [1.807, 2.05) is 22.9 Å². The molecule has 1 aromatic carbocycles. The number of nitrogens with zero attached hydrogens (tertiary/aromatic N) is 3. The Morgan fingerprint density at radius 1 is 1.29 bits per heavy atom. The Labute approximate surface area is 122 Å². The van der Waals surface area contributed by atoms with Crippen molar-refractivity contribution in [2.45, 2.75) is 19.8 Å². The maximum atomic E-state index is 11.7. The van der Waals surface area contributed by atoms with Gasteiger partial charge in [-0.15, -0.1) is 0 Å². The summed E-state index contributed by atoms with van der Waals surface area (Å²) in [6.45, 7) is 2.10. The van der Waals surface area contributed by atoms with Crippen LogP contribution in [0.1, 0.15) is 29.4 Å². The van der Waals surface area contributed by atoms with Crippen LogP contribution in [0.3, 0.4) is 0 Å². The lowest BCUT2D eigenvalue weighted by molar-refractivity contribution is 0.100. The van der Waals surface area contributed by atoms with Gasteiger partial charge in [0, 0.05) is 11.6 Å². The number of benzene rings is 1. The minimum atomic E-state index is -0.427. The van der Waals surface area contributed by atoms with Gasteiger partial charge in [-0.2, -0.15) is 5.10 Å². The summed E-state index contributed by atoms with van der Waals surface area (Å²) in [5.74, 6) is -0.427. The van der Waals surface area contributed by atoms with Gasteiger partial charge in [0.2, 0.25) is 5.91 Å². The highest BCUT2D eigenvalue weighted by molar-refractivity contribution is 6.06.